The van der Waals surface area contributed by atoms with Crippen molar-refractivity contribution in [2.75, 3.05) is 13.6 Å². The van der Waals surface area contributed by atoms with Crippen molar-refractivity contribution in [2.45, 2.75) is 49.4 Å². The van der Waals surface area contributed by atoms with Crippen molar-refractivity contribution in [1.82, 2.24) is 4.90 Å². The second kappa shape index (κ2) is 6.25. The maximum Gasteiger partial charge on any atom is 0.416 e. The van der Waals surface area contributed by atoms with Gasteiger partial charge in [-0.2, -0.15) is 13.2 Å². The first-order chi connectivity index (χ1) is 14.8. The molecule has 6 rings (SSSR count). The van der Waals surface area contributed by atoms with Crippen LogP contribution in [0.2, 0.25) is 0 Å². The molecule has 1 saturated heterocycles. The Balaban J connectivity index is 1.40. The number of rotatable bonds is 2. The summed E-state index contributed by atoms with van der Waals surface area (Å²) in [5.74, 6) is 2.14. The molecule has 1 spiro atoms. The second-order valence-corrected chi connectivity index (χ2v) is 9.23. The van der Waals surface area contributed by atoms with E-state index in [1.54, 1.807) is 6.07 Å². The smallest absolute Gasteiger partial charge is 0.416 e. The SMILES string of the molecule is CN1CCC23c4c5cc(Oc6ccc(C(F)(F)F)cc6)cc4OC2C(=O)CCC3C1C5. The fraction of sp³-hybridized carbons (Fsp3) is 0.458. The zero-order valence-corrected chi connectivity index (χ0v) is 17.0. The van der Waals surface area contributed by atoms with E-state index >= 15 is 0 Å². The molecular formula is C24H22F3NO3. The van der Waals surface area contributed by atoms with Crippen LogP contribution in [-0.2, 0) is 22.8 Å². The van der Waals surface area contributed by atoms with Crippen LogP contribution in [0.4, 0.5) is 13.2 Å². The van der Waals surface area contributed by atoms with Gasteiger partial charge in [-0.05, 0) is 74.7 Å². The first kappa shape index (κ1) is 19.2. The third-order valence-corrected chi connectivity index (χ3v) is 7.75. The van der Waals surface area contributed by atoms with Gasteiger partial charge in [0.15, 0.2) is 11.9 Å². The molecular weight excluding hydrogens is 407 g/mol. The number of ketones is 1. The number of benzene rings is 2. The van der Waals surface area contributed by atoms with Crippen LogP contribution in [0.15, 0.2) is 36.4 Å². The zero-order chi connectivity index (χ0) is 21.5. The molecule has 2 fully saturated rings. The molecule has 4 nitrogen and oxygen atoms in total. The highest BCUT2D eigenvalue weighted by Gasteiger charge is 2.65. The Morgan fingerprint density at radius 1 is 1.16 bits per heavy atom. The fourth-order valence-electron chi connectivity index (χ4n) is 6.45. The minimum absolute atomic E-state index is 0.175. The van der Waals surface area contributed by atoms with E-state index in [0.717, 1.165) is 43.5 Å². The van der Waals surface area contributed by atoms with Crippen molar-refractivity contribution < 1.29 is 27.4 Å². The van der Waals surface area contributed by atoms with Gasteiger partial charge in [-0.15, -0.1) is 0 Å². The third kappa shape index (κ3) is 2.62. The second-order valence-electron chi connectivity index (χ2n) is 9.23. The molecule has 1 saturated carbocycles. The molecule has 4 unspecified atom stereocenters. The number of ether oxygens (including phenoxy) is 2. The van der Waals surface area contributed by atoms with Crippen LogP contribution >= 0.6 is 0 Å². The lowest BCUT2D eigenvalue weighted by Gasteiger charge is -2.57. The van der Waals surface area contributed by atoms with Gasteiger partial charge in [0.2, 0.25) is 0 Å². The van der Waals surface area contributed by atoms with E-state index < -0.39 is 17.8 Å². The maximum absolute atomic E-state index is 12.8. The summed E-state index contributed by atoms with van der Waals surface area (Å²) in [6.45, 7) is 0.941. The molecule has 0 amide bonds. The topological polar surface area (TPSA) is 38.8 Å². The quantitative estimate of drug-likeness (QED) is 0.692. The van der Waals surface area contributed by atoms with E-state index in [9.17, 15) is 18.0 Å². The lowest BCUT2D eigenvalue weighted by molar-refractivity contribution is -0.138. The number of hydrogen-bond donors (Lipinski definition) is 0. The van der Waals surface area contributed by atoms with Crippen molar-refractivity contribution >= 4 is 5.78 Å². The van der Waals surface area contributed by atoms with Gasteiger partial charge in [0.05, 0.1) is 5.56 Å². The summed E-state index contributed by atoms with van der Waals surface area (Å²) in [5.41, 5.74) is 1.34. The van der Waals surface area contributed by atoms with E-state index in [-0.39, 0.29) is 11.2 Å². The Hall–Kier alpha value is -2.54. The van der Waals surface area contributed by atoms with E-state index in [1.807, 2.05) is 6.07 Å². The van der Waals surface area contributed by atoms with E-state index in [1.165, 1.54) is 17.7 Å². The first-order valence-electron chi connectivity index (χ1n) is 10.7. The number of hydrogen-bond acceptors (Lipinski definition) is 4. The molecule has 162 valence electrons. The monoisotopic (exact) mass is 429 g/mol. The molecule has 2 aliphatic heterocycles. The minimum Gasteiger partial charge on any atom is -0.481 e. The molecule has 2 aromatic rings. The Bertz CT molecular complexity index is 1080. The van der Waals surface area contributed by atoms with Crippen molar-refractivity contribution in [2.24, 2.45) is 5.92 Å². The lowest BCUT2D eigenvalue weighted by atomic mass is 9.52. The number of carbonyl (C=O) groups excluding carboxylic acids is 1. The standard InChI is InChI=1S/C24H22F3NO3/c1-28-9-8-23-17-6-7-19(29)22(23)31-20-12-16(10-13(21(20)23)11-18(17)28)30-15-4-2-14(3-5-15)24(25,26)27/h2-5,10,12,17-18,22H,6-9,11H2,1H3. The van der Waals surface area contributed by atoms with Gasteiger partial charge >= 0.3 is 6.18 Å². The maximum atomic E-state index is 12.8. The van der Waals surface area contributed by atoms with Gasteiger partial charge in [0, 0.05) is 29.5 Å². The highest BCUT2D eigenvalue weighted by Crippen LogP contribution is 2.62. The summed E-state index contributed by atoms with van der Waals surface area (Å²) in [4.78, 5) is 15.2. The van der Waals surface area contributed by atoms with Crippen LogP contribution in [-0.4, -0.2) is 36.4 Å². The highest BCUT2D eigenvalue weighted by molar-refractivity contribution is 5.88. The predicted molar refractivity (Wildman–Crippen MR) is 107 cm³/mol. The molecule has 0 N–H and O–H groups in total. The minimum atomic E-state index is -4.38. The van der Waals surface area contributed by atoms with E-state index in [2.05, 4.69) is 11.9 Å². The molecule has 0 radical (unpaired) electrons. The molecule has 4 aliphatic rings. The number of alkyl halides is 3. The Kier molecular flexibility index (Phi) is 3.86. The van der Waals surface area contributed by atoms with Gasteiger partial charge in [0.1, 0.15) is 17.2 Å². The number of nitrogens with zero attached hydrogens (tertiary/aromatic N) is 1. The third-order valence-electron chi connectivity index (χ3n) is 7.75. The van der Waals surface area contributed by atoms with Gasteiger partial charge in [-0.1, -0.05) is 0 Å². The van der Waals surface area contributed by atoms with Crippen LogP contribution < -0.4 is 9.47 Å². The number of carbonyl (C=O) groups is 1. The molecule has 2 aliphatic carbocycles. The largest absolute Gasteiger partial charge is 0.481 e. The predicted octanol–water partition coefficient (Wildman–Crippen LogP) is 4.74. The van der Waals surface area contributed by atoms with Crippen molar-refractivity contribution in [1.29, 1.82) is 0 Å². The highest BCUT2D eigenvalue weighted by atomic mass is 19.4. The van der Waals surface area contributed by atoms with Crippen molar-refractivity contribution in [3.63, 3.8) is 0 Å². The summed E-state index contributed by atoms with van der Waals surface area (Å²) in [6.07, 6.45) is -1.60. The van der Waals surface area contributed by atoms with Crippen LogP contribution in [0, 0.1) is 5.92 Å². The van der Waals surface area contributed by atoms with Crippen LogP contribution in [0.5, 0.6) is 17.2 Å². The molecule has 7 heteroatoms. The Labute approximate surface area is 177 Å². The number of piperidine rings is 1. The average molecular weight is 429 g/mol. The van der Waals surface area contributed by atoms with Crippen molar-refractivity contribution in [3.05, 3.63) is 53.1 Å². The van der Waals surface area contributed by atoms with Crippen molar-refractivity contribution in [3.8, 4) is 17.2 Å². The Morgan fingerprint density at radius 2 is 1.94 bits per heavy atom. The van der Waals surface area contributed by atoms with Gasteiger partial charge in [0.25, 0.3) is 0 Å². The summed E-state index contributed by atoms with van der Waals surface area (Å²) in [5, 5.41) is 0. The van der Waals surface area contributed by atoms with Crippen LogP contribution in [0.3, 0.4) is 0 Å². The van der Waals surface area contributed by atoms with E-state index in [0.29, 0.717) is 35.6 Å². The van der Waals surface area contributed by atoms with Gasteiger partial charge in [-0.25, -0.2) is 0 Å². The number of halogens is 3. The molecule has 0 aromatic heterocycles. The molecule has 4 atom stereocenters. The van der Waals surface area contributed by atoms with Crippen LogP contribution in [0.1, 0.15) is 36.0 Å². The summed E-state index contributed by atoms with van der Waals surface area (Å²) in [6, 6.07) is 8.80. The number of likely N-dealkylation sites (N-methyl/N-ethyl adjacent to an activating group) is 1. The average Bonchev–Trinajstić information content (AvgIpc) is 3.06. The molecule has 2 bridgehead atoms. The summed E-state index contributed by atoms with van der Waals surface area (Å²) >= 11 is 0. The normalized spacial score (nSPS) is 31.2. The van der Waals surface area contributed by atoms with E-state index in [4.69, 9.17) is 9.47 Å². The molecule has 2 aromatic carbocycles. The van der Waals surface area contributed by atoms with Gasteiger partial charge in [-0.3, -0.25) is 4.79 Å². The molecule has 31 heavy (non-hydrogen) atoms. The fourth-order valence-corrected chi connectivity index (χ4v) is 6.45. The Morgan fingerprint density at radius 3 is 2.68 bits per heavy atom. The summed E-state index contributed by atoms with van der Waals surface area (Å²) in [7, 11) is 2.15. The van der Waals surface area contributed by atoms with Gasteiger partial charge < -0.3 is 14.4 Å². The number of Topliss-reactive ketones (excluding diaryl/α,β-unsaturated/α-hetero) is 1. The molecule has 2 heterocycles. The first-order valence-corrected chi connectivity index (χ1v) is 10.7. The lowest BCUT2D eigenvalue weighted by Crippen LogP contribution is -2.65. The number of likely N-dealkylation sites (tertiary alicyclic amines) is 1. The van der Waals surface area contributed by atoms with Crippen LogP contribution in [0.25, 0.3) is 0 Å². The zero-order valence-electron chi connectivity index (χ0n) is 17.0. The summed E-state index contributed by atoms with van der Waals surface area (Å²) < 4.78 is 50.7.